The zero-order valence-corrected chi connectivity index (χ0v) is 13.7. The number of fused-ring (bicyclic) bond motifs is 1. The third-order valence-electron chi connectivity index (χ3n) is 2.82. The van der Waals surface area contributed by atoms with Crippen molar-refractivity contribution < 1.29 is 14.3 Å². The lowest BCUT2D eigenvalue weighted by molar-refractivity contribution is 0.0544. The average molecular weight is 350 g/mol. The quantitative estimate of drug-likeness (QED) is 0.589. The van der Waals surface area contributed by atoms with Gasteiger partial charge in [0.2, 0.25) is 0 Å². The van der Waals surface area contributed by atoms with Crippen molar-refractivity contribution in [3.63, 3.8) is 0 Å². The number of carbonyl (C=O) groups excluding carboxylic acids is 2. The van der Waals surface area contributed by atoms with E-state index in [0.29, 0.717) is 16.5 Å². The van der Waals surface area contributed by atoms with Crippen LogP contribution in [0.1, 0.15) is 31.1 Å². The van der Waals surface area contributed by atoms with Crippen LogP contribution in [-0.2, 0) is 4.74 Å². The first-order valence-corrected chi connectivity index (χ1v) is 7.23. The number of ether oxygens (including phenoxy) is 1. The SMILES string of the molecule is C=CC(=O)c1cn(C(=O)OC(C)(C)C)c2cccc(Br)c12. The molecule has 0 bridgehead atoms. The Kier molecular flexibility index (Phi) is 4.05. The van der Waals surface area contributed by atoms with E-state index in [1.54, 1.807) is 32.9 Å². The summed E-state index contributed by atoms with van der Waals surface area (Å²) in [4.78, 5) is 24.3. The summed E-state index contributed by atoms with van der Waals surface area (Å²) in [7, 11) is 0. The largest absolute Gasteiger partial charge is 0.443 e. The molecule has 0 fully saturated rings. The molecule has 0 amide bonds. The minimum absolute atomic E-state index is 0.241. The number of benzene rings is 1. The zero-order valence-electron chi connectivity index (χ0n) is 12.1. The Morgan fingerprint density at radius 2 is 2.00 bits per heavy atom. The van der Waals surface area contributed by atoms with Crippen molar-refractivity contribution in [2.24, 2.45) is 0 Å². The van der Waals surface area contributed by atoms with E-state index in [-0.39, 0.29) is 5.78 Å². The molecule has 0 aliphatic heterocycles. The molecule has 0 aliphatic rings. The minimum Gasteiger partial charge on any atom is -0.443 e. The van der Waals surface area contributed by atoms with E-state index >= 15 is 0 Å². The molecular formula is C16H16BrNO3. The summed E-state index contributed by atoms with van der Waals surface area (Å²) in [5.74, 6) is -0.241. The molecule has 1 aromatic carbocycles. The lowest BCUT2D eigenvalue weighted by Crippen LogP contribution is -2.26. The normalized spacial score (nSPS) is 11.4. The highest BCUT2D eigenvalue weighted by Crippen LogP contribution is 2.30. The molecule has 4 nitrogen and oxygen atoms in total. The smallest absolute Gasteiger partial charge is 0.419 e. The second-order valence-corrected chi connectivity index (χ2v) is 6.45. The number of hydrogen-bond acceptors (Lipinski definition) is 3. The Labute approximate surface area is 131 Å². The molecule has 0 aliphatic carbocycles. The van der Waals surface area contributed by atoms with Gasteiger partial charge in [0.1, 0.15) is 5.60 Å². The first kappa shape index (κ1) is 15.5. The Balaban J connectivity index is 2.66. The lowest BCUT2D eigenvalue weighted by Gasteiger charge is -2.19. The number of nitrogens with zero attached hydrogens (tertiary/aromatic N) is 1. The highest BCUT2D eigenvalue weighted by Gasteiger charge is 2.23. The van der Waals surface area contributed by atoms with Crippen molar-refractivity contribution >= 4 is 38.7 Å². The molecule has 21 heavy (non-hydrogen) atoms. The third-order valence-corrected chi connectivity index (χ3v) is 3.48. The second-order valence-electron chi connectivity index (χ2n) is 5.60. The summed E-state index contributed by atoms with van der Waals surface area (Å²) in [5.41, 5.74) is 0.421. The van der Waals surface area contributed by atoms with Crippen molar-refractivity contribution in [2.75, 3.05) is 0 Å². The van der Waals surface area contributed by atoms with Crippen LogP contribution in [0.3, 0.4) is 0 Å². The Bertz CT molecular complexity index is 738. The fourth-order valence-corrected chi connectivity index (χ4v) is 2.57. The van der Waals surface area contributed by atoms with E-state index in [0.717, 1.165) is 4.47 Å². The molecule has 0 unspecified atom stereocenters. The van der Waals surface area contributed by atoms with Gasteiger partial charge in [-0.3, -0.25) is 9.36 Å². The molecule has 2 rings (SSSR count). The second kappa shape index (κ2) is 5.48. The van der Waals surface area contributed by atoms with E-state index < -0.39 is 11.7 Å². The highest BCUT2D eigenvalue weighted by atomic mass is 79.9. The van der Waals surface area contributed by atoms with Crippen LogP contribution >= 0.6 is 15.9 Å². The molecule has 0 radical (unpaired) electrons. The Hall–Kier alpha value is -1.88. The van der Waals surface area contributed by atoms with Gasteiger partial charge < -0.3 is 4.74 Å². The molecular weight excluding hydrogens is 334 g/mol. The number of aromatic nitrogens is 1. The average Bonchev–Trinajstić information content (AvgIpc) is 2.77. The van der Waals surface area contributed by atoms with Crippen LogP contribution in [0.5, 0.6) is 0 Å². The standard InChI is InChI=1S/C16H16BrNO3/c1-5-13(19)10-9-18(15(20)21-16(2,3)4)12-8-6-7-11(17)14(10)12/h5-9H,1H2,2-4H3. The molecule has 0 saturated carbocycles. The number of allylic oxidation sites excluding steroid dienone is 1. The van der Waals surface area contributed by atoms with Gasteiger partial charge in [0.15, 0.2) is 5.78 Å². The Morgan fingerprint density at radius 1 is 1.33 bits per heavy atom. The van der Waals surface area contributed by atoms with Crippen LogP contribution < -0.4 is 0 Å². The van der Waals surface area contributed by atoms with Crippen LogP contribution in [-0.4, -0.2) is 22.0 Å². The number of rotatable bonds is 2. The van der Waals surface area contributed by atoms with E-state index in [9.17, 15) is 9.59 Å². The van der Waals surface area contributed by atoms with Gasteiger partial charge in [-0.15, -0.1) is 0 Å². The van der Waals surface area contributed by atoms with Gasteiger partial charge in [-0.05, 0) is 39.0 Å². The summed E-state index contributed by atoms with van der Waals surface area (Å²) < 4.78 is 7.46. The molecule has 0 spiro atoms. The monoisotopic (exact) mass is 349 g/mol. The predicted molar refractivity (Wildman–Crippen MR) is 85.8 cm³/mol. The lowest BCUT2D eigenvalue weighted by atomic mass is 10.1. The van der Waals surface area contributed by atoms with Gasteiger partial charge in [-0.2, -0.15) is 0 Å². The van der Waals surface area contributed by atoms with E-state index in [1.165, 1.54) is 16.8 Å². The molecule has 0 saturated heterocycles. The first-order valence-electron chi connectivity index (χ1n) is 6.44. The molecule has 110 valence electrons. The molecule has 5 heteroatoms. The fourth-order valence-electron chi connectivity index (χ4n) is 2.00. The van der Waals surface area contributed by atoms with Crippen molar-refractivity contribution in [1.82, 2.24) is 4.57 Å². The van der Waals surface area contributed by atoms with E-state index in [4.69, 9.17) is 4.74 Å². The summed E-state index contributed by atoms with van der Waals surface area (Å²) in [6.07, 6.45) is 2.20. The number of halogens is 1. The summed E-state index contributed by atoms with van der Waals surface area (Å²) >= 11 is 3.42. The van der Waals surface area contributed by atoms with Gasteiger partial charge >= 0.3 is 6.09 Å². The van der Waals surface area contributed by atoms with Gasteiger partial charge in [0.05, 0.1) is 5.52 Å². The highest BCUT2D eigenvalue weighted by molar-refractivity contribution is 9.10. The zero-order chi connectivity index (χ0) is 15.8. The van der Waals surface area contributed by atoms with Crippen molar-refractivity contribution in [1.29, 1.82) is 0 Å². The first-order chi connectivity index (χ1) is 9.74. The minimum atomic E-state index is -0.609. The molecule has 2 aromatic rings. The number of carbonyl (C=O) groups is 2. The summed E-state index contributed by atoms with van der Waals surface area (Å²) in [5, 5.41) is 0.674. The topological polar surface area (TPSA) is 48.3 Å². The van der Waals surface area contributed by atoms with Gasteiger partial charge in [0, 0.05) is 21.6 Å². The van der Waals surface area contributed by atoms with Crippen LogP contribution in [0, 0.1) is 0 Å². The van der Waals surface area contributed by atoms with Crippen molar-refractivity contribution in [3.05, 3.63) is 47.1 Å². The van der Waals surface area contributed by atoms with Crippen molar-refractivity contribution in [2.45, 2.75) is 26.4 Å². The predicted octanol–water partition coefficient (Wildman–Crippen LogP) is 4.56. The van der Waals surface area contributed by atoms with Crippen molar-refractivity contribution in [3.8, 4) is 0 Å². The molecule has 0 N–H and O–H groups in total. The molecule has 0 atom stereocenters. The third kappa shape index (κ3) is 3.08. The number of ketones is 1. The van der Waals surface area contributed by atoms with Crippen LogP contribution in [0.4, 0.5) is 4.79 Å². The Morgan fingerprint density at radius 3 is 2.57 bits per heavy atom. The maximum atomic E-state index is 12.3. The summed E-state index contributed by atoms with van der Waals surface area (Å²) in [6, 6.07) is 5.39. The van der Waals surface area contributed by atoms with Gasteiger partial charge in [-0.1, -0.05) is 28.6 Å². The van der Waals surface area contributed by atoms with Crippen LogP contribution in [0.2, 0.25) is 0 Å². The maximum Gasteiger partial charge on any atom is 0.419 e. The van der Waals surface area contributed by atoms with Crippen LogP contribution in [0.15, 0.2) is 41.5 Å². The maximum absolute atomic E-state index is 12.3. The van der Waals surface area contributed by atoms with Gasteiger partial charge in [-0.25, -0.2) is 4.79 Å². The van der Waals surface area contributed by atoms with E-state index in [2.05, 4.69) is 22.5 Å². The summed E-state index contributed by atoms with van der Waals surface area (Å²) in [6.45, 7) is 8.88. The fraction of sp³-hybridized carbons (Fsp3) is 0.250. The number of hydrogen-bond donors (Lipinski definition) is 0. The van der Waals surface area contributed by atoms with E-state index in [1.807, 2.05) is 6.07 Å². The van der Waals surface area contributed by atoms with Gasteiger partial charge in [0.25, 0.3) is 0 Å². The van der Waals surface area contributed by atoms with Crippen LogP contribution in [0.25, 0.3) is 10.9 Å². The molecule has 1 heterocycles. The molecule has 1 aromatic heterocycles.